The van der Waals surface area contributed by atoms with Gasteiger partial charge in [-0.05, 0) is 56.8 Å². The van der Waals surface area contributed by atoms with Crippen LogP contribution in [0.1, 0.15) is 47.7 Å². The first-order valence-electron chi connectivity index (χ1n) is 9.04. The second-order valence-corrected chi connectivity index (χ2v) is 8.50. The molecule has 0 aliphatic heterocycles. The SMILES string of the molecule is COc1cc(C(C)NC(=O)c2sc(-c3ccsc3)nc2C)ccc1OC(C)C. The number of thiazole rings is 1. The van der Waals surface area contributed by atoms with Gasteiger partial charge < -0.3 is 14.8 Å². The van der Waals surface area contributed by atoms with E-state index in [1.54, 1.807) is 18.4 Å². The Morgan fingerprint density at radius 1 is 1.18 bits per heavy atom. The molecule has 0 spiro atoms. The normalized spacial score (nSPS) is 12.1. The largest absolute Gasteiger partial charge is 0.493 e. The number of hydrogen-bond acceptors (Lipinski definition) is 6. The van der Waals surface area contributed by atoms with Crippen LogP contribution in [0.2, 0.25) is 0 Å². The number of rotatable bonds is 7. The van der Waals surface area contributed by atoms with Gasteiger partial charge in [0.25, 0.3) is 5.91 Å². The van der Waals surface area contributed by atoms with Crippen LogP contribution in [0.5, 0.6) is 11.5 Å². The van der Waals surface area contributed by atoms with E-state index in [-0.39, 0.29) is 18.1 Å². The number of nitrogens with one attached hydrogen (secondary N) is 1. The molecule has 3 rings (SSSR count). The molecule has 0 aliphatic carbocycles. The number of benzene rings is 1. The number of carbonyl (C=O) groups is 1. The summed E-state index contributed by atoms with van der Waals surface area (Å²) in [5, 5.41) is 7.98. The lowest BCUT2D eigenvalue weighted by Crippen LogP contribution is -2.26. The monoisotopic (exact) mass is 416 g/mol. The van der Waals surface area contributed by atoms with Crippen molar-refractivity contribution in [3.05, 3.63) is 51.2 Å². The van der Waals surface area contributed by atoms with Crippen molar-refractivity contribution < 1.29 is 14.3 Å². The van der Waals surface area contributed by atoms with Gasteiger partial charge in [-0.3, -0.25) is 4.79 Å². The fraction of sp³-hybridized carbons (Fsp3) is 0.333. The van der Waals surface area contributed by atoms with E-state index in [4.69, 9.17) is 9.47 Å². The van der Waals surface area contributed by atoms with E-state index >= 15 is 0 Å². The molecule has 5 nitrogen and oxygen atoms in total. The Bertz CT molecular complexity index is 949. The smallest absolute Gasteiger partial charge is 0.263 e. The Hall–Kier alpha value is -2.38. The van der Waals surface area contributed by atoms with Gasteiger partial charge in [0.1, 0.15) is 9.88 Å². The highest BCUT2D eigenvalue weighted by Gasteiger charge is 2.19. The van der Waals surface area contributed by atoms with Gasteiger partial charge in [-0.15, -0.1) is 11.3 Å². The van der Waals surface area contributed by atoms with E-state index in [1.807, 2.05) is 62.7 Å². The third-order valence-electron chi connectivity index (χ3n) is 4.17. The number of amides is 1. The molecule has 3 aromatic rings. The molecule has 1 unspecified atom stereocenters. The lowest BCUT2D eigenvalue weighted by atomic mass is 10.1. The van der Waals surface area contributed by atoms with E-state index < -0.39 is 0 Å². The minimum Gasteiger partial charge on any atom is -0.493 e. The standard InChI is InChI=1S/C21H24N2O3S2/c1-12(2)26-17-7-6-15(10-18(17)25-5)13(3)22-20(24)19-14(4)23-21(28-19)16-8-9-27-11-16/h6-13H,1-5H3,(H,22,24). The van der Waals surface area contributed by atoms with Crippen LogP contribution in [0.3, 0.4) is 0 Å². The molecule has 2 heterocycles. The topological polar surface area (TPSA) is 60.5 Å². The van der Waals surface area contributed by atoms with Gasteiger partial charge in [-0.1, -0.05) is 6.07 Å². The summed E-state index contributed by atoms with van der Waals surface area (Å²) in [6.07, 6.45) is 0.0589. The minimum absolute atomic E-state index is 0.0589. The maximum atomic E-state index is 12.8. The molecule has 1 aromatic carbocycles. The molecular formula is C21H24N2O3S2. The minimum atomic E-state index is -0.180. The Labute approximate surface area is 173 Å². The zero-order valence-corrected chi connectivity index (χ0v) is 18.2. The summed E-state index contributed by atoms with van der Waals surface area (Å²) in [5.41, 5.74) is 2.74. The first-order valence-corrected chi connectivity index (χ1v) is 10.8. The molecule has 0 bridgehead atoms. The fourth-order valence-corrected chi connectivity index (χ4v) is 4.45. The van der Waals surface area contributed by atoms with E-state index in [2.05, 4.69) is 10.3 Å². The van der Waals surface area contributed by atoms with Crippen molar-refractivity contribution in [3.63, 3.8) is 0 Å². The van der Waals surface area contributed by atoms with Crippen molar-refractivity contribution in [3.8, 4) is 22.1 Å². The molecule has 28 heavy (non-hydrogen) atoms. The molecule has 148 valence electrons. The quantitative estimate of drug-likeness (QED) is 0.555. The molecule has 1 N–H and O–H groups in total. The first-order chi connectivity index (χ1) is 13.4. The predicted octanol–water partition coefficient (Wildman–Crippen LogP) is 5.47. The van der Waals surface area contributed by atoms with Crippen LogP contribution in [-0.4, -0.2) is 24.1 Å². The molecule has 0 fully saturated rings. The predicted molar refractivity (Wildman–Crippen MR) is 115 cm³/mol. The third kappa shape index (κ3) is 4.54. The van der Waals surface area contributed by atoms with Crippen LogP contribution >= 0.6 is 22.7 Å². The lowest BCUT2D eigenvalue weighted by molar-refractivity contribution is 0.0943. The Morgan fingerprint density at radius 2 is 1.96 bits per heavy atom. The highest BCUT2D eigenvalue weighted by atomic mass is 32.1. The van der Waals surface area contributed by atoms with Gasteiger partial charge in [0.05, 0.1) is 24.9 Å². The van der Waals surface area contributed by atoms with Gasteiger partial charge in [0, 0.05) is 10.9 Å². The number of methoxy groups -OCH3 is 1. The van der Waals surface area contributed by atoms with E-state index in [0.29, 0.717) is 16.4 Å². The molecule has 0 radical (unpaired) electrons. The average Bonchev–Trinajstić information content (AvgIpc) is 3.31. The van der Waals surface area contributed by atoms with Gasteiger partial charge in [0.15, 0.2) is 11.5 Å². The second kappa shape index (κ2) is 8.75. The van der Waals surface area contributed by atoms with Crippen molar-refractivity contribution in [2.24, 2.45) is 0 Å². The van der Waals surface area contributed by atoms with Gasteiger partial charge in [-0.2, -0.15) is 11.3 Å². The molecule has 7 heteroatoms. The lowest BCUT2D eigenvalue weighted by Gasteiger charge is -2.18. The Morgan fingerprint density at radius 3 is 2.61 bits per heavy atom. The van der Waals surface area contributed by atoms with Crippen LogP contribution < -0.4 is 14.8 Å². The van der Waals surface area contributed by atoms with E-state index in [9.17, 15) is 4.79 Å². The maximum absolute atomic E-state index is 12.8. The van der Waals surface area contributed by atoms with Gasteiger partial charge in [-0.25, -0.2) is 4.98 Å². The average molecular weight is 417 g/mol. The van der Waals surface area contributed by atoms with Crippen LogP contribution in [0.25, 0.3) is 10.6 Å². The fourth-order valence-electron chi connectivity index (χ4n) is 2.77. The maximum Gasteiger partial charge on any atom is 0.263 e. The van der Waals surface area contributed by atoms with Crippen LogP contribution in [0, 0.1) is 6.92 Å². The molecule has 2 aromatic heterocycles. The zero-order valence-electron chi connectivity index (χ0n) is 16.6. The van der Waals surface area contributed by atoms with Gasteiger partial charge in [0.2, 0.25) is 0 Å². The summed E-state index contributed by atoms with van der Waals surface area (Å²) in [4.78, 5) is 18.0. The summed E-state index contributed by atoms with van der Waals surface area (Å²) >= 11 is 3.04. The summed E-state index contributed by atoms with van der Waals surface area (Å²) in [5.74, 6) is 1.23. The van der Waals surface area contributed by atoms with E-state index in [0.717, 1.165) is 21.8 Å². The number of aromatic nitrogens is 1. The summed E-state index contributed by atoms with van der Waals surface area (Å²) in [6, 6.07) is 7.56. The van der Waals surface area contributed by atoms with Crippen LogP contribution in [-0.2, 0) is 0 Å². The summed E-state index contributed by atoms with van der Waals surface area (Å²) in [6.45, 7) is 7.76. The summed E-state index contributed by atoms with van der Waals surface area (Å²) in [7, 11) is 1.61. The number of aryl methyl sites for hydroxylation is 1. The molecule has 0 saturated carbocycles. The van der Waals surface area contributed by atoms with Crippen molar-refractivity contribution in [1.82, 2.24) is 10.3 Å². The van der Waals surface area contributed by atoms with Gasteiger partial charge >= 0.3 is 0 Å². The molecular weight excluding hydrogens is 392 g/mol. The highest BCUT2D eigenvalue weighted by molar-refractivity contribution is 7.17. The highest BCUT2D eigenvalue weighted by Crippen LogP contribution is 2.32. The van der Waals surface area contributed by atoms with Crippen LogP contribution in [0.15, 0.2) is 35.0 Å². The van der Waals surface area contributed by atoms with Crippen molar-refractivity contribution in [2.45, 2.75) is 39.8 Å². The Balaban J connectivity index is 1.76. The molecule has 0 saturated heterocycles. The first kappa shape index (κ1) is 20.4. The van der Waals surface area contributed by atoms with Crippen LogP contribution in [0.4, 0.5) is 0 Å². The molecule has 1 amide bonds. The van der Waals surface area contributed by atoms with Crippen molar-refractivity contribution >= 4 is 28.6 Å². The van der Waals surface area contributed by atoms with Crippen molar-refractivity contribution in [1.29, 1.82) is 0 Å². The number of thiophene rings is 1. The number of ether oxygens (including phenoxy) is 2. The zero-order chi connectivity index (χ0) is 20.3. The van der Waals surface area contributed by atoms with Crippen molar-refractivity contribution in [2.75, 3.05) is 7.11 Å². The second-order valence-electron chi connectivity index (χ2n) is 6.72. The number of carbonyl (C=O) groups excluding carboxylic acids is 1. The molecule has 0 aliphatic rings. The molecule has 1 atom stereocenters. The Kier molecular flexibility index (Phi) is 6.36. The third-order valence-corrected chi connectivity index (χ3v) is 6.06. The summed E-state index contributed by atoms with van der Waals surface area (Å²) < 4.78 is 11.2. The number of nitrogens with zero attached hydrogens (tertiary/aromatic N) is 1. The van der Waals surface area contributed by atoms with E-state index in [1.165, 1.54) is 11.3 Å². The number of hydrogen-bond donors (Lipinski definition) is 1.